The van der Waals surface area contributed by atoms with Crippen LogP contribution in [-0.4, -0.2) is 38.3 Å². The zero-order chi connectivity index (χ0) is 13.2. The first kappa shape index (κ1) is 12.2. The summed E-state index contributed by atoms with van der Waals surface area (Å²) in [7, 11) is 1.69. The number of aryl methyl sites for hydroxylation is 1. The third kappa shape index (κ3) is 2.36. The molecule has 4 nitrogen and oxygen atoms in total. The van der Waals surface area contributed by atoms with Crippen molar-refractivity contribution in [2.75, 3.05) is 38.2 Å². The first-order valence-corrected chi connectivity index (χ1v) is 6.69. The van der Waals surface area contributed by atoms with Gasteiger partial charge in [-0.15, -0.1) is 0 Å². The van der Waals surface area contributed by atoms with Crippen molar-refractivity contribution < 1.29 is 4.74 Å². The number of hydrogen-bond donors (Lipinski definition) is 1. The molecule has 0 unspecified atom stereocenters. The number of benzene rings is 1. The van der Waals surface area contributed by atoms with Gasteiger partial charge < -0.3 is 15.0 Å². The quantitative estimate of drug-likeness (QED) is 0.892. The Balaban J connectivity index is 2.11. The number of rotatable bonds is 2. The summed E-state index contributed by atoms with van der Waals surface area (Å²) in [5.41, 5.74) is 3.34. The fourth-order valence-electron chi connectivity index (χ4n) is 2.61. The van der Waals surface area contributed by atoms with Crippen molar-refractivity contribution in [2.24, 2.45) is 0 Å². The summed E-state index contributed by atoms with van der Waals surface area (Å²) in [4.78, 5) is 7.05. The Morgan fingerprint density at radius 1 is 1.21 bits per heavy atom. The molecule has 1 aliphatic heterocycles. The van der Waals surface area contributed by atoms with Crippen LogP contribution < -0.4 is 15.0 Å². The van der Waals surface area contributed by atoms with Crippen molar-refractivity contribution >= 4 is 16.6 Å². The van der Waals surface area contributed by atoms with Crippen LogP contribution in [-0.2, 0) is 0 Å². The van der Waals surface area contributed by atoms with Gasteiger partial charge in [0.15, 0.2) is 0 Å². The minimum Gasteiger partial charge on any atom is -0.497 e. The lowest BCUT2D eigenvalue weighted by atomic mass is 10.1. The fraction of sp³-hybridized carbons (Fsp3) is 0.400. The molecule has 1 aromatic carbocycles. The minimum atomic E-state index is 0.858. The van der Waals surface area contributed by atoms with Gasteiger partial charge in [-0.3, -0.25) is 4.98 Å². The molecule has 0 atom stereocenters. The SMILES string of the molecule is COc1ccc2c(N3CCNCC3)cc(C)nc2c1. The number of ether oxygens (including phenoxy) is 1. The minimum absolute atomic E-state index is 0.858. The summed E-state index contributed by atoms with van der Waals surface area (Å²) in [5, 5.41) is 4.59. The molecular weight excluding hydrogens is 238 g/mol. The molecule has 100 valence electrons. The first-order chi connectivity index (χ1) is 9.28. The molecule has 0 aliphatic carbocycles. The highest BCUT2D eigenvalue weighted by atomic mass is 16.5. The molecule has 3 rings (SSSR count). The normalized spacial score (nSPS) is 15.8. The summed E-state index contributed by atoms with van der Waals surface area (Å²) in [6.45, 7) is 6.22. The second-order valence-corrected chi connectivity index (χ2v) is 4.90. The Bertz CT molecular complexity index is 591. The Kier molecular flexibility index (Phi) is 3.25. The summed E-state index contributed by atoms with van der Waals surface area (Å²) < 4.78 is 5.28. The Hall–Kier alpha value is -1.81. The Labute approximate surface area is 113 Å². The Morgan fingerprint density at radius 3 is 2.74 bits per heavy atom. The number of hydrogen-bond acceptors (Lipinski definition) is 4. The van der Waals surface area contributed by atoms with Crippen molar-refractivity contribution in [1.82, 2.24) is 10.3 Å². The molecular formula is C15H19N3O. The first-order valence-electron chi connectivity index (χ1n) is 6.69. The van der Waals surface area contributed by atoms with Crippen LogP contribution in [0.2, 0.25) is 0 Å². The molecule has 2 aromatic rings. The highest BCUT2D eigenvalue weighted by Crippen LogP contribution is 2.29. The number of nitrogens with zero attached hydrogens (tertiary/aromatic N) is 2. The molecule has 0 bridgehead atoms. The van der Waals surface area contributed by atoms with Crippen LogP contribution in [0.3, 0.4) is 0 Å². The fourth-order valence-corrected chi connectivity index (χ4v) is 2.61. The van der Waals surface area contributed by atoms with Crippen molar-refractivity contribution in [2.45, 2.75) is 6.92 Å². The molecule has 0 amide bonds. The van der Waals surface area contributed by atoms with Gasteiger partial charge in [0.1, 0.15) is 5.75 Å². The van der Waals surface area contributed by atoms with Crippen LogP contribution >= 0.6 is 0 Å². The maximum Gasteiger partial charge on any atom is 0.121 e. The summed E-state index contributed by atoms with van der Waals surface area (Å²) in [5.74, 6) is 0.858. The number of anilines is 1. The van der Waals surface area contributed by atoms with Crippen LogP contribution in [0.1, 0.15) is 5.69 Å². The summed E-state index contributed by atoms with van der Waals surface area (Å²) in [6.07, 6.45) is 0. The molecule has 1 saturated heterocycles. The van der Waals surface area contributed by atoms with Gasteiger partial charge in [-0.25, -0.2) is 0 Å². The number of nitrogens with one attached hydrogen (secondary N) is 1. The number of pyridine rings is 1. The average Bonchev–Trinajstić information content (AvgIpc) is 2.46. The van der Waals surface area contributed by atoms with E-state index in [0.717, 1.165) is 43.1 Å². The van der Waals surface area contributed by atoms with E-state index >= 15 is 0 Å². The maximum atomic E-state index is 5.28. The van der Waals surface area contributed by atoms with E-state index in [2.05, 4.69) is 27.3 Å². The van der Waals surface area contributed by atoms with Crippen molar-refractivity contribution in [3.8, 4) is 5.75 Å². The molecule has 0 saturated carbocycles. The van der Waals surface area contributed by atoms with Crippen LogP contribution in [0.25, 0.3) is 10.9 Å². The molecule has 1 aromatic heterocycles. The van der Waals surface area contributed by atoms with Gasteiger partial charge in [-0.05, 0) is 25.1 Å². The third-order valence-electron chi connectivity index (χ3n) is 3.58. The van der Waals surface area contributed by atoms with E-state index in [1.807, 2.05) is 19.1 Å². The van der Waals surface area contributed by atoms with Crippen molar-refractivity contribution in [3.05, 3.63) is 30.0 Å². The predicted molar refractivity (Wildman–Crippen MR) is 78.1 cm³/mol. The number of aromatic nitrogens is 1. The zero-order valence-electron chi connectivity index (χ0n) is 11.4. The second-order valence-electron chi connectivity index (χ2n) is 4.90. The molecule has 0 spiro atoms. The largest absolute Gasteiger partial charge is 0.497 e. The monoisotopic (exact) mass is 257 g/mol. The number of methoxy groups -OCH3 is 1. The average molecular weight is 257 g/mol. The standard InChI is InChI=1S/C15H19N3O/c1-11-9-15(18-7-5-16-6-8-18)13-4-3-12(19-2)10-14(13)17-11/h3-4,9-10,16H,5-8H2,1-2H3. The number of piperazine rings is 1. The molecule has 4 heteroatoms. The van der Waals surface area contributed by atoms with E-state index in [1.165, 1.54) is 11.1 Å². The second kappa shape index (κ2) is 5.05. The van der Waals surface area contributed by atoms with E-state index in [0.29, 0.717) is 0 Å². The predicted octanol–water partition coefficient (Wildman–Crippen LogP) is 1.96. The zero-order valence-corrected chi connectivity index (χ0v) is 11.4. The lowest BCUT2D eigenvalue weighted by Crippen LogP contribution is -2.43. The van der Waals surface area contributed by atoms with Gasteiger partial charge in [-0.2, -0.15) is 0 Å². The molecule has 19 heavy (non-hydrogen) atoms. The topological polar surface area (TPSA) is 37.4 Å². The number of fused-ring (bicyclic) bond motifs is 1. The van der Waals surface area contributed by atoms with Crippen LogP contribution in [0.4, 0.5) is 5.69 Å². The smallest absolute Gasteiger partial charge is 0.121 e. The molecule has 2 heterocycles. The molecule has 1 fully saturated rings. The third-order valence-corrected chi connectivity index (χ3v) is 3.58. The molecule has 0 radical (unpaired) electrons. The van der Waals surface area contributed by atoms with Crippen LogP contribution in [0.15, 0.2) is 24.3 Å². The maximum absolute atomic E-state index is 5.28. The lowest BCUT2D eigenvalue weighted by Gasteiger charge is -2.30. The van der Waals surface area contributed by atoms with Crippen LogP contribution in [0.5, 0.6) is 5.75 Å². The van der Waals surface area contributed by atoms with E-state index in [9.17, 15) is 0 Å². The van der Waals surface area contributed by atoms with E-state index in [-0.39, 0.29) is 0 Å². The molecule has 1 aliphatic rings. The molecule has 1 N–H and O–H groups in total. The lowest BCUT2D eigenvalue weighted by molar-refractivity contribution is 0.415. The van der Waals surface area contributed by atoms with Gasteiger partial charge >= 0.3 is 0 Å². The van der Waals surface area contributed by atoms with Gasteiger partial charge in [0, 0.05) is 49.0 Å². The van der Waals surface area contributed by atoms with Crippen molar-refractivity contribution in [3.63, 3.8) is 0 Å². The Morgan fingerprint density at radius 2 is 2.00 bits per heavy atom. The van der Waals surface area contributed by atoms with Gasteiger partial charge in [0.2, 0.25) is 0 Å². The summed E-state index contributed by atoms with van der Waals surface area (Å²) >= 11 is 0. The van der Waals surface area contributed by atoms with Gasteiger partial charge in [-0.1, -0.05) is 0 Å². The van der Waals surface area contributed by atoms with E-state index in [4.69, 9.17) is 4.74 Å². The highest BCUT2D eigenvalue weighted by Gasteiger charge is 2.14. The van der Waals surface area contributed by atoms with E-state index in [1.54, 1.807) is 7.11 Å². The van der Waals surface area contributed by atoms with E-state index < -0.39 is 0 Å². The van der Waals surface area contributed by atoms with Crippen molar-refractivity contribution in [1.29, 1.82) is 0 Å². The summed E-state index contributed by atoms with van der Waals surface area (Å²) in [6, 6.07) is 8.30. The highest BCUT2D eigenvalue weighted by molar-refractivity contribution is 5.92. The van der Waals surface area contributed by atoms with Gasteiger partial charge in [0.05, 0.1) is 12.6 Å². The van der Waals surface area contributed by atoms with Gasteiger partial charge in [0.25, 0.3) is 0 Å². The van der Waals surface area contributed by atoms with Crippen LogP contribution in [0, 0.1) is 6.92 Å².